The van der Waals surface area contributed by atoms with Crippen molar-refractivity contribution in [2.24, 2.45) is 0 Å². The van der Waals surface area contributed by atoms with Crippen LogP contribution in [0, 0.1) is 0 Å². The highest BCUT2D eigenvalue weighted by Gasteiger charge is 2.04. The summed E-state index contributed by atoms with van der Waals surface area (Å²) >= 11 is 0. The van der Waals surface area contributed by atoms with Gasteiger partial charge in [0, 0.05) is 6.42 Å². The van der Waals surface area contributed by atoms with Crippen molar-refractivity contribution >= 4 is 11.0 Å². The van der Waals surface area contributed by atoms with Crippen LogP contribution < -0.4 is 0 Å². The molecule has 2 N–H and O–H groups in total. The topological polar surface area (TPSA) is 61.8 Å². The molecule has 2 aromatic carbocycles. The van der Waals surface area contributed by atoms with Crippen molar-refractivity contribution in [3.63, 3.8) is 0 Å². The Morgan fingerprint density at radius 1 is 1.00 bits per heavy atom. The van der Waals surface area contributed by atoms with Crippen molar-refractivity contribution in [3.05, 3.63) is 53.6 Å². The fourth-order valence-electron chi connectivity index (χ4n) is 1.88. The van der Waals surface area contributed by atoms with Gasteiger partial charge in [0.05, 0.1) is 0 Å². The van der Waals surface area contributed by atoms with Crippen molar-refractivity contribution in [2.45, 2.75) is 6.42 Å². The molecule has 0 radical (unpaired) electrons. The van der Waals surface area contributed by atoms with Crippen LogP contribution in [0.4, 0.5) is 0 Å². The average Bonchev–Trinajstić information content (AvgIpc) is 2.79. The van der Waals surface area contributed by atoms with Crippen LogP contribution in [0.5, 0.6) is 5.75 Å². The predicted octanol–water partition coefficient (Wildman–Crippen LogP) is 2.25. The normalized spacial score (nSPS) is 10.8. The number of hydrogen-bond donors (Lipinski definition) is 2. The third-order valence-electron chi connectivity index (χ3n) is 2.77. The second-order valence-corrected chi connectivity index (χ2v) is 3.95. The van der Waals surface area contributed by atoms with E-state index in [9.17, 15) is 5.11 Å². The lowest BCUT2D eigenvalue weighted by Crippen LogP contribution is -1.88. The summed E-state index contributed by atoms with van der Waals surface area (Å²) in [4.78, 5) is 0. The van der Waals surface area contributed by atoms with Crippen LogP contribution >= 0.6 is 0 Å². The van der Waals surface area contributed by atoms with Gasteiger partial charge in [0.15, 0.2) is 0 Å². The quantitative estimate of drug-likeness (QED) is 0.703. The van der Waals surface area contributed by atoms with Crippen LogP contribution in [-0.2, 0) is 6.42 Å². The zero-order chi connectivity index (χ0) is 11.7. The summed E-state index contributed by atoms with van der Waals surface area (Å²) in [6.45, 7) is 0. The first-order valence-corrected chi connectivity index (χ1v) is 5.39. The van der Waals surface area contributed by atoms with Gasteiger partial charge in [-0.2, -0.15) is 15.4 Å². The van der Waals surface area contributed by atoms with E-state index in [1.54, 1.807) is 6.07 Å². The van der Waals surface area contributed by atoms with E-state index in [1.807, 2.05) is 36.4 Å². The monoisotopic (exact) mass is 225 g/mol. The van der Waals surface area contributed by atoms with Gasteiger partial charge >= 0.3 is 0 Å². The molecule has 0 aliphatic carbocycles. The maximum absolute atomic E-state index is 9.71. The molecule has 0 unspecified atom stereocenters. The van der Waals surface area contributed by atoms with Gasteiger partial charge in [0.1, 0.15) is 16.8 Å². The van der Waals surface area contributed by atoms with Crippen LogP contribution in [0.2, 0.25) is 0 Å². The van der Waals surface area contributed by atoms with Gasteiger partial charge in [-0.3, -0.25) is 0 Å². The van der Waals surface area contributed by atoms with Crippen LogP contribution in [0.3, 0.4) is 0 Å². The zero-order valence-electron chi connectivity index (χ0n) is 9.09. The maximum Gasteiger partial charge on any atom is 0.119 e. The third kappa shape index (κ3) is 1.85. The molecule has 0 fully saturated rings. The van der Waals surface area contributed by atoms with Gasteiger partial charge in [0.2, 0.25) is 0 Å². The Hall–Kier alpha value is -2.36. The molecule has 3 aromatic rings. The lowest BCUT2D eigenvalue weighted by Gasteiger charge is -2.03. The molecule has 0 bridgehead atoms. The van der Waals surface area contributed by atoms with E-state index in [-0.39, 0.29) is 0 Å². The molecule has 0 aliphatic heterocycles. The second-order valence-electron chi connectivity index (χ2n) is 3.95. The third-order valence-corrected chi connectivity index (χ3v) is 2.77. The number of aromatic hydroxyl groups is 1. The van der Waals surface area contributed by atoms with Gasteiger partial charge in [-0.15, -0.1) is 0 Å². The Balaban J connectivity index is 1.97. The Morgan fingerprint density at radius 3 is 2.71 bits per heavy atom. The van der Waals surface area contributed by atoms with Crippen molar-refractivity contribution < 1.29 is 5.11 Å². The van der Waals surface area contributed by atoms with Crippen molar-refractivity contribution in [2.75, 3.05) is 0 Å². The standard InChI is InChI=1S/C13H11N3O/c17-13-4-2-1-3-10(13)7-9-5-6-11-12(8-9)15-16-14-11/h1-6,8,17H,7H2,(H,14,15,16). The number of nitrogens with zero attached hydrogens (tertiary/aromatic N) is 2. The van der Waals surface area contributed by atoms with E-state index >= 15 is 0 Å². The number of aromatic nitrogens is 3. The Kier molecular flexibility index (Phi) is 2.26. The molecule has 0 spiro atoms. The first-order valence-electron chi connectivity index (χ1n) is 5.39. The molecule has 1 heterocycles. The number of phenolic OH excluding ortho intramolecular Hbond substituents is 1. The van der Waals surface area contributed by atoms with E-state index in [2.05, 4.69) is 15.4 Å². The minimum absolute atomic E-state index is 0.327. The molecule has 17 heavy (non-hydrogen) atoms. The molecule has 4 heteroatoms. The van der Waals surface area contributed by atoms with Crippen LogP contribution in [0.25, 0.3) is 11.0 Å². The molecule has 1 aromatic heterocycles. The molecular weight excluding hydrogens is 214 g/mol. The van der Waals surface area contributed by atoms with Gasteiger partial charge in [-0.25, -0.2) is 0 Å². The van der Waals surface area contributed by atoms with Gasteiger partial charge in [-0.1, -0.05) is 24.3 Å². The summed E-state index contributed by atoms with van der Waals surface area (Å²) in [7, 11) is 0. The van der Waals surface area contributed by atoms with E-state index in [1.165, 1.54) is 0 Å². The zero-order valence-corrected chi connectivity index (χ0v) is 9.09. The molecule has 0 saturated carbocycles. The summed E-state index contributed by atoms with van der Waals surface area (Å²) in [6.07, 6.45) is 0.690. The molecule has 4 nitrogen and oxygen atoms in total. The first-order chi connectivity index (χ1) is 8.33. The summed E-state index contributed by atoms with van der Waals surface area (Å²) in [5.41, 5.74) is 3.71. The highest BCUT2D eigenvalue weighted by atomic mass is 16.3. The number of H-pyrrole nitrogens is 1. The summed E-state index contributed by atoms with van der Waals surface area (Å²) in [6, 6.07) is 13.3. The predicted molar refractivity (Wildman–Crippen MR) is 64.8 cm³/mol. The highest BCUT2D eigenvalue weighted by molar-refractivity contribution is 5.74. The van der Waals surface area contributed by atoms with Crippen molar-refractivity contribution in [1.82, 2.24) is 15.4 Å². The molecular formula is C13H11N3O. The summed E-state index contributed by atoms with van der Waals surface area (Å²) in [5, 5.41) is 20.3. The number of hydrogen-bond acceptors (Lipinski definition) is 3. The molecule has 0 atom stereocenters. The first kappa shape index (κ1) is 9.84. The maximum atomic E-state index is 9.71. The van der Waals surface area contributed by atoms with Gasteiger partial charge in [-0.05, 0) is 29.3 Å². The van der Waals surface area contributed by atoms with E-state index in [0.717, 1.165) is 22.2 Å². The van der Waals surface area contributed by atoms with Gasteiger partial charge in [0.25, 0.3) is 0 Å². The number of phenols is 1. The largest absolute Gasteiger partial charge is 0.508 e. The minimum Gasteiger partial charge on any atom is -0.508 e. The fourth-order valence-corrected chi connectivity index (χ4v) is 1.88. The van der Waals surface area contributed by atoms with Crippen LogP contribution in [0.15, 0.2) is 42.5 Å². The SMILES string of the molecule is Oc1ccccc1Cc1ccc2n[nH]nc2c1. The van der Waals surface area contributed by atoms with Crippen molar-refractivity contribution in [3.8, 4) is 5.75 Å². The van der Waals surface area contributed by atoms with E-state index in [4.69, 9.17) is 0 Å². The second kappa shape index (κ2) is 3.90. The smallest absolute Gasteiger partial charge is 0.119 e. The number of aromatic amines is 1. The summed E-state index contributed by atoms with van der Waals surface area (Å²) < 4.78 is 0. The Labute approximate surface area is 97.9 Å². The highest BCUT2D eigenvalue weighted by Crippen LogP contribution is 2.21. The number of rotatable bonds is 2. The fraction of sp³-hybridized carbons (Fsp3) is 0.0769. The number of nitrogens with one attached hydrogen (secondary N) is 1. The molecule has 0 amide bonds. The van der Waals surface area contributed by atoms with Crippen molar-refractivity contribution in [1.29, 1.82) is 0 Å². The van der Waals surface area contributed by atoms with Crippen LogP contribution in [0.1, 0.15) is 11.1 Å². The number of benzene rings is 2. The summed E-state index contributed by atoms with van der Waals surface area (Å²) in [5.74, 6) is 0.327. The molecule has 3 rings (SSSR count). The number of fused-ring (bicyclic) bond motifs is 1. The molecule has 0 aliphatic rings. The average molecular weight is 225 g/mol. The Morgan fingerprint density at radius 2 is 1.82 bits per heavy atom. The van der Waals surface area contributed by atoms with Crippen LogP contribution in [-0.4, -0.2) is 20.5 Å². The lowest BCUT2D eigenvalue weighted by atomic mass is 10.0. The van der Waals surface area contributed by atoms with E-state index in [0.29, 0.717) is 12.2 Å². The number of para-hydroxylation sites is 1. The van der Waals surface area contributed by atoms with Gasteiger partial charge < -0.3 is 5.11 Å². The minimum atomic E-state index is 0.327. The lowest BCUT2D eigenvalue weighted by molar-refractivity contribution is 0.469. The van der Waals surface area contributed by atoms with E-state index < -0.39 is 0 Å². The molecule has 0 saturated heterocycles. The molecule has 84 valence electrons. The Bertz CT molecular complexity index is 660.